The second kappa shape index (κ2) is 7.08. The second-order valence-corrected chi connectivity index (χ2v) is 8.05. The fraction of sp³-hybridized carbons (Fsp3) is 0.571. The zero-order valence-electron chi connectivity index (χ0n) is 16.4. The molecule has 2 amide bonds. The highest BCUT2D eigenvalue weighted by Crippen LogP contribution is 2.51. The van der Waals surface area contributed by atoms with Crippen LogP contribution in [0.1, 0.15) is 50.8 Å². The van der Waals surface area contributed by atoms with Crippen LogP contribution in [-0.2, 0) is 14.4 Å². The molecular formula is C21H28N2O4. The van der Waals surface area contributed by atoms with Gasteiger partial charge in [-0.1, -0.05) is 57.0 Å². The summed E-state index contributed by atoms with van der Waals surface area (Å²) in [7, 11) is 0. The Balaban J connectivity index is 2.12. The van der Waals surface area contributed by atoms with Crippen molar-refractivity contribution in [3.63, 3.8) is 0 Å². The van der Waals surface area contributed by atoms with E-state index in [2.05, 4.69) is 5.32 Å². The zero-order valence-corrected chi connectivity index (χ0v) is 16.4. The molecule has 6 nitrogen and oxygen atoms in total. The topological polar surface area (TPSA) is 86.7 Å². The van der Waals surface area contributed by atoms with Gasteiger partial charge in [-0.3, -0.25) is 24.6 Å². The summed E-state index contributed by atoms with van der Waals surface area (Å²) in [4.78, 5) is 40.0. The number of unbranched alkanes of at least 4 members (excludes halogenated alkanes) is 1. The van der Waals surface area contributed by atoms with Crippen LogP contribution in [0.4, 0.5) is 0 Å². The van der Waals surface area contributed by atoms with Crippen molar-refractivity contribution in [3.05, 3.63) is 35.4 Å². The van der Waals surface area contributed by atoms with Crippen LogP contribution >= 0.6 is 0 Å². The zero-order chi connectivity index (χ0) is 19.9. The smallest absolute Gasteiger partial charge is 0.325 e. The Morgan fingerprint density at radius 2 is 2.00 bits per heavy atom. The summed E-state index contributed by atoms with van der Waals surface area (Å²) in [5.41, 5.74) is 0.433. The van der Waals surface area contributed by atoms with Crippen molar-refractivity contribution in [1.29, 1.82) is 0 Å². The third kappa shape index (κ3) is 2.87. The number of carboxylic acid groups (broad SMARTS) is 1. The summed E-state index contributed by atoms with van der Waals surface area (Å²) in [5, 5.41) is 13.3. The molecule has 0 spiro atoms. The number of likely N-dealkylation sites (tertiary alicyclic amines) is 1. The maximum absolute atomic E-state index is 13.2. The van der Waals surface area contributed by atoms with Gasteiger partial charge in [0.15, 0.2) is 0 Å². The average molecular weight is 372 g/mol. The summed E-state index contributed by atoms with van der Waals surface area (Å²) >= 11 is 0. The Labute approximate surface area is 159 Å². The van der Waals surface area contributed by atoms with Gasteiger partial charge >= 0.3 is 5.97 Å². The van der Waals surface area contributed by atoms with E-state index < -0.39 is 29.4 Å². The quantitative estimate of drug-likeness (QED) is 0.750. The molecule has 27 heavy (non-hydrogen) atoms. The molecule has 0 aromatic heterocycles. The summed E-state index contributed by atoms with van der Waals surface area (Å²) < 4.78 is 0. The Morgan fingerprint density at radius 1 is 1.30 bits per heavy atom. The second-order valence-electron chi connectivity index (χ2n) is 8.05. The van der Waals surface area contributed by atoms with E-state index in [1.54, 1.807) is 13.8 Å². The van der Waals surface area contributed by atoms with Crippen LogP contribution in [0.25, 0.3) is 0 Å². The van der Waals surface area contributed by atoms with Gasteiger partial charge in [0, 0.05) is 12.6 Å². The molecule has 2 aliphatic heterocycles. The van der Waals surface area contributed by atoms with Crippen molar-refractivity contribution >= 4 is 17.8 Å². The molecule has 0 aliphatic carbocycles. The van der Waals surface area contributed by atoms with E-state index in [0.29, 0.717) is 6.54 Å². The number of benzene rings is 1. The maximum atomic E-state index is 13.2. The molecule has 0 bridgehead atoms. The molecule has 4 atom stereocenters. The number of aryl methyl sites for hydroxylation is 1. The average Bonchev–Trinajstić information content (AvgIpc) is 3.09. The lowest BCUT2D eigenvalue weighted by Gasteiger charge is -2.34. The summed E-state index contributed by atoms with van der Waals surface area (Å²) in [5.74, 6) is -3.58. The van der Waals surface area contributed by atoms with E-state index in [1.165, 1.54) is 4.90 Å². The first kappa shape index (κ1) is 19.5. The van der Waals surface area contributed by atoms with Crippen molar-refractivity contribution in [1.82, 2.24) is 10.2 Å². The largest absolute Gasteiger partial charge is 0.480 e. The molecule has 1 aromatic rings. The predicted molar refractivity (Wildman–Crippen MR) is 101 cm³/mol. The molecule has 0 saturated carbocycles. The van der Waals surface area contributed by atoms with E-state index in [9.17, 15) is 19.5 Å². The highest BCUT2D eigenvalue weighted by Gasteiger charge is 2.69. The van der Waals surface area contributed by atoms with Crippen LogP contribution in [0.5, 0.6) is 0 Å². The van der Waals surface area contributed by atoms with Crippen LogP contribution < -0.4 is 5.32 Å². The molecule has 3 rings (SSSR count). The molecule has 2 fully saturated rings. The summed E-state index contributed by atoms with van der Waals surface area (Å²) in [6.07, 6.45) is 1.58. The lowest BCUT2D eigenvalue weighted by molar-refractivity contribution is -0.153. The minimum Gasteiger partial charge on any atom is -0.480 e. The van der Waals surface area contributed by atoms with Gasteiger partial charge in [0.2, 0.25) is 11.8 Å². The predicted octanol–water partition coefficient (Wildman–Crippen LogP) is 2.52. The third-order valence-corrected chi connectivity index (χ3v) is 6.09. The van der Waals surface area contributed by atoms with Gasteiger partial charge in [0.1, 0.15) is 5.54 Å². The SMILES string of the molecule is CCCCN1C(=O)C2C(c3cccc(C)c3)NC(C(=O)O)(C(C)C)C2C1=O. The molecule has 6 heteroatoms. The number of hydrogen-bond acceptors (Lipinski definition) is 4. The Hall–Kier alpha value is -2.21. The Kier molecular flexibility index (Phi) is 5.12. The minimum absolute atomic E-state index is 0.249. The third-order valence-electron chi connectivity index (χ3n) is 6.09. The van der Waals surface area contributed by atoms with Crippen molar-refractivity contribution in [2.75, 3.05) is 6.54 Å². The molecule has 4 unspecified atom stereocenters. The number of hydrogen-bond donors (Lipinski definition) is 2. The molecule has 146 valence electrons. The minimum atomic E-state index is -1.45. The maximum Gasteiger partial charge on any atom is 0.325 e. The number of carboxylic acids is 1. The molecule has 2 aliphatic rings. The van der Waals surface area contributed by atoms with Gasteiger partial charge in [-0.05, 0) is 24.8 Å². The fourth-order valence-corrected chi connectivity index (χ4v) is 4.66. The molecule has 0 radical (unpaired) electrons. The Morgan fingerprint density at radius 3 is 2.56 bits per heavy atom. The summed E-state index contributed by atoms with van der Waals surface area (Å²) in [6, 6.07) is 7.22. The first-order valence-corrected chi connectivity index (χ1v) is 9.68. The van der Waals surface area contributed by atoms with Crippen LogP contribution in [-0.4, -0.2) is 39.9 Å². The molecule has 2 heterocycles. The molecule has 2 N–H and O–H groups in total. The number of imide groups is 1. The van der Waals surface area contributed by atoms with E-state index in [0.717, 1.165) is 24.0 Å². The van der Waals surface area contributed by atoms with Crippen LogP contribution in [0.15, 0.2) is 24.3 Å². The normalized spacial score (nSPS) is 30.3. The lowest BCUT2D eigenvalue weighted by atomic mass is 9.73. The van der Waals surface area contributed by atoms with Crippen LogP contribution in [0.2, 0.25) is 0 Å². The molecule has 2 saturated heterocycles. The Bertz CT molecular complexity index is 775. The van der Waals surface area contributed by atoms with Gasteiger partial charge in [0.05, 0.1) is 11.8 Å². The van der Waals surface area contributed by atoms with Crippen molar-refractivity contribution in [2.45, 2.75) is 52.1 Å². The van der Waals surface area contributed by atoms with Crippen LogP contribution in [0, 0.1) is 24.7 Å². The number of carbonyl (C=O) groups is 3. The number of amides is 2. The number of carbonyl (C=O) groups excluding carboxylic acids is 2. The van der Waals surface area contributed by atoms with E-state index >= 15 is 0 Å². The van der Waals surface area contributed by atoms with Gasteiger partial charge in [-0.25, -0.2) is 0 Å². The van der Waals surface area contributed by atoms with E-state index in [4.69, 9.17) is 0 Å². The van der Waals surface area contributed by atoms with Crippen molar-refractivity contribution in [3.8, 4) is 0 Å². The lowest BCUT2D eigenvalue weighted by Crippen LogP contribution is -2.59. The van der Waals surface area contributed by atoms with Gasteiger partial charge < -0.3 is 5.11 Å². The highest BCUT2D eigenvalue weighted by atomic mass is 16.4. The first-order chi connectivity index (χ1) is 12.8. The van der Waals surface area contributed by atoms with Crippen molar-refractivity contribution < 1.29 is 19.5 Å². The van der Waals surface area contributed by atoms with Crippen LogP contribution in [0.3, 0.4) is 0 Å². The fourth-order valence-electron chi connectivity index (χ4n) is 4.66. The first-order valence-electron chi connectivity index (χ1n) is 9.68. The standard InChI is InChI=1S/C21H28N2O4/c1-5-6-10-23-18(24)15-16(19(23)25)21(12(2)3,20(26)27)22-17(15)14-9-7-8-13(4)11-14/h7-9,11-12,15-17,22H,5-6,10H2,1-4H3,(H,26,27). The summed E-state index contributed by atoms with van der Waals surface area (Å²) in [6.45, 7) is 7.90. The molecular weight excluding hydrogens is 344 g/mol. The number of rotatable bonds is 6. The number of aliphatic carboxylic acids is 1. The van der Waals surface area contributed by atoms with E-state index in [-0.39, 0.29) is 17.7 Å². The van der Waals surface area contributed by atoms with Gasteiger partial charge in [-0.2, -0.15) is 0 Å². The number of nitrogens with one attached hydrogen (secondary N) is 1. The van der Waals surface area contributed by atoms with Gasteiger partial charge in [-0.15, -0.1) is 0 Å². The number of fused-ring (bicyclic) bond motifs is 1. The monoisotopic (exact) mass is 372 g/mol. The highest BCUT2D eigenvalue weighted by molar-refractivity contribution is 6.09. The van der Waals surface area contributed by atoms with Crippen molar-refractivity contribution in [2.24, 2.45) is 17.8 Å². The van der Waals surface area contributed by atoms with Gasteiger partial charge in [0.25, 0.3) is 0 Å². The van der Waals surface area contributed by atoms with E-state index in [1.807, 2.05) is 38.1 Å². The molecule has 1 aromatic carbocycles. The number of nitrogens with zero attached hydrogens (tertiary/aromatic N) is 1.